The summed E-state index contributed by atoms with van der Waals surface area (Å²) in [7, 11) is 1.53. The fourth-order valence-electron chi connectivity index (χ4n) is 2.24. The molecule has 0 saturated carbocycles. The minimum absolute atomic E-state index is 0.101. The van der Waals surface area contributed by atoms with E-state index in [2.05, 4.69) is 15.2 Å². The van der Waals surface area contributed by atoms with Gasteiger partial charge in [0.25, 0.3) is 5.88 Å². The van der Waals surface area contributed by atoms with Gasteiger partial charge in [-0.25, -0.2) is 9.18 Å². The van der Waals surface area contributed by atoms with Gasteiger partial charge in [0.2, 0.25) is 5.69 Å². The summed E-state index contributed by atoms with van der Waals surface area (Å²) in [6.45, 7) is 1.83. The third-order valence-electron chi connectivity index (χ3n) is 3.46. The van der Waals surface area contributed by atoms with Crippen molar-refractivity contribution in [2.24, 2.45) is 0 Å². The van der Waals surface area contributed by atoms with Crippen LogP contribution in [0.1, 0.15) is 17.4 Å². The number of ether oxygens (including phenoxy) is 3. The number of carbonyl (C=O) groups is 1. The molecule has 138 valence electrons. The molecule has 0 unspecified atom stereocenters. The van der Waals surface area contributed by atoms with E-state index in [1.165, 1.54) is 25.3 Å². The average Bonchev–Trinajstić information content (AvgIpc) is 2.68. The number of carbonyl (C=O) groups excluding carboxylic acids is 1. The van der Waals surface area contributed by atoms with E-state index in [1.54, 1.807) is 37.3 Å². The van der Waals surface area contributed by atoms with Crippen LogP contribution >= 0.6 is 0 Å². The van der Waals surface area contributed by atoms with E-state index in [0.29, 0.717) is 17.1 Å². The first-order valence-electron chi connectivity index (χ1n) is 8.10. The summed E-state index contributed by atoms with van der Waals surface area (Å²) in [5, 5.41) is 7.77. The number of halogens is 1. The molecule has 0 amide bonds. The molecule has 1 aromatic heterocycles. The predicted octanol–water partition coefficient (Wildman–Crippen LogP) is 3.66. The number of nitrogens with zero attached hydrogens (tertiary/aromatic N) is 3. The van der Waals surface area contributed by atoms with Crippen LogP contribution < -0.4 is 9.47 Å². The Hall–Kier alpha value is -3.55. The van der Waals surface area contributed by atoms with Gasteiger partial charge in [-0.05, 0) is 31.2 Å². The Labute approximate surface area is 154 Å². The molecule has 0 spiro atoms. The molecule has 7 nitrogen and oxygen atoms in total. The van der Waals surface area contributed by atoms with Crippen LogP contribution in [-0.4, -0.2) is 34.9 Å². The van der Waals surface area contributed by atoms with E-state index in [9.17, 15) is 9.18 Å². The Kier molecular flexibility index (Phi) is 5.55. The van der Waals surface area contributed by atoms with Crippen molar-refractivity contribution in [3.8, 4) is 28.8 Å². The first kappa shape index (κ1) is 18.2. The Morgan fingerprint density at radius 3 is 2.59 bits per heavy atom. The molecule has 0 bridgehead atoms. The van der Waals surface area contributed by atoms with Crippen LogP contribution in [0.2, 0.25) is 0 Å². The van der Waals surface area contributed by atoms with Crippen LogP contribution in [0.15, 0.2) is 48.5 Å². The Balaban J connectivity index is 2.03. The average molecular weight is 369 g/mol. The number of hydrogen-bond donors (Lipinski definition) is 0. The molecule has 1 heterocycles. The molecule has 8 heteroatoms. The van der Waals surface area contributed by atoms with Gasteiger partial charge < -0.3 is 14.2 Å². The molecule has 0 atom stereocenters. The topological polar surface area (TPSA) is 83.4 Å². The maximum atomic E-state index is 13.5. The van der Waals surface area contributed by atoms with Gasteiger partial charge in [-0.15, -0.1) is 10.2 Å². The molecule has 0 fully saturated rings. The first-order chi connectivity index (χ1) is 13.1. The van der Waals surface area contributed by atoms with Crippen LogP contribution in [-0.2, 0) is 4.74 Å². The Morgan fingerprint density at radius 2 is 1.85 bits per heavy atom. The lowest BCUT2D eigenvalue weighted by atomic mass is 10.2. The molecule has 0 saturated heterocycles. The number of aromatic nitrogens is 3. The predicted molar refractivity (Wildman–Crippen MR) is 94.2 cm³/mol. The number of hydrogen-bond acceptors (Lipinski definition) is 7. The molecule has 0 radical (unpaired) electrons. The highest BCUT2D eigenvalue weighted by atomic mass is 19.1. The third kappa shape index (κ3) is 4.35. The second-order valence-electron chi connectivity index (χ2n) is 5.30. The van der Waals surface area contributed by atoms with Crippen LogP contribution in [0.3, 0.4) is 0 Å². The van der Waals surface area contributed by atoms with Gasteiger partial charge in [0, 0.05) is 11.6 Å². The van der Waals surface area contributed by atoms with Gasteiger partial charge >= 0.3 is 5.97 Å². The molecule has 3 rings (SSSR count). The Bertz CT molecular complexity index is 965. The summed E-state index contributed by atoms with van der Waals surface area (Å²) in [6.07, 6.45) is 0. The lowest BCUT2D eigenvalue weighted by Gasteiger charge is -2.10. The molecule has 0 aliphatic carbocycles. The van der Waals surface area contributed by atoms with Crippen LogP contribution in [0.25, 0.3) is 11.4 Å². The monoisotopic (exact) mass is 369 g/mol. The molecule has 27 heavy (non-hydrogen) atoms. The van der Waals surface area contributed by atoms with Crippen molar-refractivity contribution in [2.75, 3.05) is 13.7 Å². The maximum absolute atomic E-state index is 13.5. The van der Waals surface area contributed by atoms with Gasteiger partial charge in [-0.2, -0.15) is 4.98 Å². The van der Waals surface area contributed by atoms with Gasteiger partial charge in [-0.3, -0.25) is 0 Å². The van der Waals surface area contributed by atoms with Crippen molar-refractivity contribution in [3.05, 3.63) is 60.0 Å². The summed E-state index contributed by atoms with van der Waals surface area (Å²) >= 11 is 0. The summed E-state index contributed by atoms with van der Waals surface area (Å²) in [6, 6.07) is 12.5. The second kappa shape index (κ2) is 8.22. The van der Waals surface area contributed by atoms with E-state index >= 15 is 0 Å². The smallest absolute Gasteiger partial charge is 0.364 e. The van der Waals surface area contributed by atoms with Crippen molar-refractivity contribution in [1.82, 2.24) is 15.2 Å². The molecule has 0 N–H and O–H groups in total. The van der Waals surface area contributed by atoms with Gasteiger partial charge in [0.05, 0.1) is 13.7 Å². The fourth-order valence-corrected chi connectivity index (χ4v) is 2.24. The Morgan fingerprint density at radius 1 is 1.07 bits per heavy atom. The van der Waals surface area contributed by atoms with Crippen molar-refractivity contribution in [1.29, 1.82) is 0 Å². The molecule has 0 aliphatic heterocycles. The lowest BCUT2D eigenvalue weighted by molar-refractivity contribution is 0.0514. The minimum Gasteiger partial charge on any atom is -0.497 e. The number of rotatable bonds is 6. The highest BCUT2D eigenvalue weighted by Gasteiger charge is 2.21. The van der Waals surface area contributed by atoms with Crippen molar-refractivity contribution < 1.29 is 23.4 Å². The van der Waals surface area contributed by atoms with Crippen molar-refractivity contribution >= 4 is 5.97 Å². The van der Waals surface area contributed by atoms with E-state index < -0.39 is 11.8 Å². The minimum atomic E-state index is -0.721. The largest absolute Gasteiger partial charge is 0.497 e. The summed E-state index contributed by atoms with van der Waals surface area (Å²) < 4.78 is 29.3. The van der Waals surface area contributed by atoms with E-state index in [1.807, 2.05) is 0 Å². The summed E-state index contributed by atoms with van der Waals surface area (Å²) in [5.74, 6) is -0.207. The molecule has 0 aliphatic rings. The number of methoxy groups -OCH3 is 1. The quantitative estimate of drug-likeness (QED) is 0.613. The van der Waals surface area contributed by atoms with Gasteiger partial charge in [-0.1, -0.05) is 18.2 Å². The highest BCUT2D eigenvalue weighted by Crippen LogP contribution is 2.27. The fraction of sp³-hybridized carbons (Fsp3) is 0.158. The van der Waals surface area contributed by atoms with E-state index in [0.717, 1.165) is 0 Å². The van der Waals surface area contributed by atoms with Crippen molar-refractivity contribution in [2.45, 2.75) is 6.92 Å². The SMILES string of the molecule is CCOC(=O)c1nnc(-c2cccc(F)c2)nc1Oc1cccc(OC)c1. The first-order valence-corrected chi connectivity index (χ1v) is 8.10. The number of esters is 1. The lowest BCUT2D eigenvalue weighted by Crippen LogP contribution is -2.12. The third-order valence-corrected chi connectivity index (χ3v) is 3.46. The van der Waals surface area contributed by atoms with E-state index in [-0.39, 0.29) is 24.0 Å². The van der Waals surface area contributed by atoms with Crippen molar-refractivity contribution in [3.63, 3.8) is 0 Å². The number of benzene rings is 2. The van der Waals surface area contributed by atoms with Crippen LogP contribution in [0.5, 0.6) is 17.4 Å². The highest BCUT2D eigenvalue weighted by molar-refractivity contribution is 5.89. The maximum Gasteiger partial charge on any atom is 0.364 e. The zero-order chi connectivity index (χ0) is 19.2. The standard InChI is InChI=1S/C19H16FN3O4/c1-3-26-19(24)16-18(27-15-9-5-8-14(11-15)25-2)21-17(23-22-16)12-6-4-7-13(20)10-12/h4-11H,3H2,1-2H3. The normalized spacial score (nSPS) is 10.3. The second-order valence-corrected chi connectivity index (χ2v) is 5.30. The van der Waals surface area contributed by atoms with E-state index in [4.69, 9.17) is 14.2 Å². The van der Waals surface area contributed by atoms with Gasteiger partial charge in [0.15, 0.2) is 5.82 Å². The molecular formula is C19H16FN3O4. The molecule has 3 aromatic rings. The van der Waals surface area contributed by atoms with Crippen LogP contribution in [0.4, 0.5) is 4.39 Å². The summed E-state index contributed by atoms with van der Waals surface area (Å²) in [4.78, 5) is 16.4. The zero-order valence-corrected chi connectivity index (χ0v) is 14.7. The zero-order valence-electron chi connectivity index (χ0n) is 14.7. The molecular weight excluding hydrogens is 353 g/mol. The molecule has 2 aromatic carbocycles. The van der Waals surface area contributed by atoms with Crippen LogP contribution in [0, 0.1) is 5.82 Å². The summed E-state index contributed by atoms with van der Waals surface area (Å²) in [5.41, 5.74) is 0.216. The van der Waals surface area contributed by atoms with Gasteiger partial charge in [0.1, 0.15) is 17.3 Å².